The van der Waals surface area contributed by atoms with Gasteiger partial charge in [-0.25, -0.2) is 0 Å². The number of benzene rings is 2. The summed E-state index contributed by atoms with van der Waals surface area (Å²) in [5.41, 5.74) is 6.52. The van der Waals surface area contributed by atoms with Crippen LogP contribution in [-0.2, 0) is 0 Å². The van der Waals surface area contributed by atoms with Crippen molar-refractivity contribution in [2.45, 2.75) is 58.2 Å². The van der Waals surface area contributed by atoms with Crippen LogP contribution in [0.2, 0.25) is 16.6 Å². The number of aromatic hydroxyl groups is 1. The van der Waals surface area contributed by atoms with Gasteiger partial charge in [0.05, 0.1) is 0 Å². The summed E-state index contributed by atoms with van der Waals surface area (Å²) in [7, 11) is -1.76. The first-order valence-electron chi connectivity index (χ1n) is 8.54. The van der Waals surface area contributed by atoms with E-state index in [9.17, 15) is 5.11 Å². The molecule has 0 unspecified atom stereocenters. The number of phenolic OH excluding ortho intramolecular Hbond substituents is 1. The summed E-state index contributed by atoms with van der Waals surface area (Å²) >= 11 is 0. The van der Waals surface area contributed by atoms with Crippen LogP contribution in [-0.4, -0.2) is 13.2 Å². The molecule has 0 atom stereocenters. The van der Waals surface area contributed by atoms with Gasteiger partial charge in [0.25, 0.3) is 0 Å². The van der Waals surface area contributed by atoms with Crippen LogP contribution in [0.4, 0.5) is 0 Å². The van der Waals surface area contributed by atoms with Gasteiger partial charge in [-0.15, -0.1) is 5.54 Å². The zero-order valence-electron chi connectivity index (χ0n) is 15.1. The number of fused-ring (bicyclic) bond motifs is 1. The maximum absolute atomic E-state index is 10.3. The summed E-state index contributed by atoms with van der Waals surface area (Å²) in [4.78, 5) is 0. The summed E-state index contributed by atoms with van der Waals surface area (Å²) in [5, 5.41) is 12.2. The molecule has 1 N–H and O–H groups in total. The van der Waals surface area contributed by atoms with Gasteiger partial charge in [-0.05, 0) is 34.1 Å². The minimum atomic E-state index is -1.76. The second-order valence-corrected chi connectivity index (χ2v) is 12.9. The Labute approximate surface area is 141 Å². The minimum Gasteiger partial charge on any atom is -0.507 e. The molecule has 0 radical (unpaired) electrons. The minimum absolute atomic E-state index is 0.318. The molecule has 23 heavy (non-hydrogen) atoms. The SMILES string of the molecule is CC(C)[Si](C#Cc1cccc2cccc(O)c12)(C(C)C)C(C)C. The third-order valence-electron chi connectivity index (χ3n) is 5.16. The molecule has 122 valence electrons. The molecule has 0 aliphatic rings. The predicted octanol–water partition coefficient (Wildman–Crippen LogP) is 6.11. The van der Waals surface area contributed by atoms with E-state index in [1.165, 1.54) is 0 Å². The molecule has 0 bridgehead atoms. The van der Waals surface area contributed by atoms with Gasteiger partial charge >= 0.3 is 0 Å². The van der Waals surface area contributed by atoms with E-state index in [4.69, 9.17) is 0 Å². The Morgan fingerprint density at radius 3 is 1.87 bits per heavy atom. The van der Waals surface area contributed by atoms with Crippen molar-refractivity contribution in [1.29, 1.82) is 0 Å². The molecule has 2 aromatic rings. The fourth-order valence-corrected chi connectivity index (χ4v) is 9.25. The van der Waals surface area contributed by atoms with Crippen LogP contribution < -0.4 is 0 Å². The van der Waals surface area contributed by atoms with E-state index in [0.29, 0.717) is 22.4 Å². The Morgan fingerprint density at radius 1 is 0.826 bits per heavy atom. The molecule has 1 nitrogen and oxygen atoms in total. The van der Waals surface area contributed by atoms with Crippen molar-refractivity contribution in [1.82, 2.24) is 0 Å². The first-order chi connectivity index (χ1) is 10.8. The van der Waals surface area contributed by atoms with Gasteiger partial charge in [0, 0.05) is 10.9 Å². The summed E-state index contributed by atoms with van der Waals surface area (Å²) in [6, 6.07) is 11.7. The van der Waals surface area contributed by atoms with Crippen molar-refractivity contribution in [3.8, 4) is 17.2 Å². The summed E-state index contributed by atoms with van der Waals surface area (Å²) < 4.78 is 0. The topological polar surface area (TPSA) is 20.2 Å². The van der Waals surface area contributed by atoms with E-state index in [1.807, 2.05) is 30.3 Å². The third-order valence-corrected chi connectivity index (χ3v) is 11.5. The van der Waals surface area contributed by atoms with Gasteiger partial charge in [0.15, 0.2) is 0 Å². The first kappa shape index (κ1) is 17.6. The molecular weight excluding hydrogens is 296 g/mol. The van der Waals surface area contributed by atoms with Crippen LogP contribution in [0, 0.1) is 11.5 Å². The monoisotopic (exact) mass is 324 g/mol. The summed E-state index contributed by atoms with van der Waals surface area (Å²) in [6.07, 6.45) is 0. The number of rotatable bonds is 3. The number of phenols is 1. The van der Waals surface area contributed by atoms with Crippen LogP contribution in [0.15, 0.2) is 36.4 Å². The lowest BCUT2D eigenvalue weighted by Crippen LogP contribution is -2.43. The van der Waals surface area contributed by atoms with Crippen LogP contribution in [0.5, 0.6) is 5.75 Å². The summed E-state index contributed by atoms with van der Waals surface area (Å²) in [5.74, 6) is 3.78. The standard InChI is InChI=1S/C21H28OSi/c1-15(2)23(16(3)4,17(5)6)14-13-19-10-7-9-18-11-8-12-20(22)21(18)19/h7-12,15-17,22H,1-6H3. The lowest BCUT2D eigenvalue weighted by atomic mass is 10.0. The van der Waals surface area contributed by atoms with E-state index in [1.54, 1.807) is 6.07 Å². The Hall–Kier alpha value is -1.72. The average molecular weight is 325 g/mol. The van der Waals surface area contributed by atoms with E-state index >= 15 is 0 Å². The van der Waals surface area contributed by atoms with Gasteiger partial charge in [0.1, 0.15) is 13.8 Å². The molecule has 0 spiro atoms. The quantitative estimate of drug-likeness (QED) is 0.533. The normalized spacial score (nSPS) is 12.0. The maximum Gasteiger partial charge on any atom is 0.146 e. The van der Waals surface area contributed by atoms with Crippen LogP contribution in [0.3, 0.4) is 0 Å². The van der Waals surface area contributed by atoms with Crippen molar-refractivity contribution in [3.05, 3.63) is 42.0 Å². The van der Waals surface area contributed by atoms with Gasteiger partial charge in [-0.2, -0.15) is 0 Å². The molecule has 0 amide bonds. The predicted molar refractivity (Wildman–Crippen MR) is 104 cm³/mol. The van der Waals surface area contributed by atoms with Gasteiger partial charge < -0.3 is 5.11 Å². The highest BCUT2D eigenvalue weighted by atomic mass is 28.3. The molecule has 0 saturated carbocycles. The van der Waals surface area contributed by atoms with Crippen LogP contribution in [0.1, 0.15) is 47.1 Å². The maximum atomic E-state index is 10.3. The second kappa shape index (κ2) is 6.80. The molecular formula is C21H28OSi. The molecule has 0 aliphatic heterocycles. The molecule has 0 aromatic heterocycles. The Balaban J connectivity index is 2.65. The van der Waals surface area contributed by atoms with Crippen molar-refractivity contribution >= 4 is 18.8 Å². The lowest BCUT2D eigenvalue weighted by molar-refractivity contribution is 0.481. The number of hydrogen-bond donors (Lipinski definition) is 1. The lowest BCUT2D eigenvalue weighted by Gasteiger charge is -2.38. The molecule has 2 aromatic carbocycles. The first-order valence-corrected chi connectivity index (χ1v) is 10.8. The van der Waals surface area contributed by atoms with Gasteiger partial charge in [0.2, 0.25) is 0 Å². The fourth-order valence-electron chi connectivity index (χ4n) is 4.03. The molecule has 0 heterocycles. The van der Waals surface area contributed by atoms with E-state index in [-0.39, 0.29) is 0 Å². The third kappa shape index (κ3) is 3.16. The van der Waals surface area contributed by atoms with Crippen molar-refractivity contribution in [2.24, 2.45) is 0 Å². The zero-order chi connectivity index (χ0) is 17.2. The average Bonchev–Trinajstić information content (AvgIpc) is 2.47. The highest BCUT2D eigenvalue weighted by Gasteiger charge is 2.41. The second-order valence-electron chi connectivity index (χ2n) is 7.33. The summed E-state index contributed by atoms with van der Waals surface area (Å²) in [6.45, 7) is 13.9. The van der Waals surface area contributed by atoms with Crippen molar-refractivity contribution < 1.29 is 5.11 Å². The van der Waals surface area contributed by atoms with Crippen LogP contribution in [0.25, 0.3) is 10.8 Å². The highest BCUT2D eigenvalue weighted by Crippen LogP contribution is 2.41. The van der Waals surface area contributed by atoms with Crippen molar-refractivity contribution in [3.63, 3.8) is 0 Å². The highest BCUT2D eigenvalue weighted by molar-refractivity contribution is 6.90. The Morgan fingerprint density at radius 2 is 1.35 bits per heavy atom. The fraction of sp³-hybridized carbons (Fsp3) is 0.429. The van der Waals surface area contributed by atoms with Gasteiger partial charge in [-0.3, -0.25) is 0 Å². The Kier molecular flexibility index (Phi) is 5.22. The smallest absolute Gasteiger partial charge is 0.146 e. The van der Waals surface area contributed by atoms with E-state index < -0.39 is 8.07 Å². The molecule has 2 heteroatoms. The molecule has 0 fully saturated rings. The number of hydrogen-bond acceptors (Lipinski definition) is 1. The molecule has 0 aliphatic carbocycles. The van der Waals surface area contributed by atoms with Crippen LogP contribution >= 0.6 is 0 Å². The largest absolute Gasteiger partial charge is 0.507 e. The Bertz CT molecular complexity index is 720. The molecule has 0 saturated heterocycles. The van der Waals surface area contributed by atoms with E-state index in [0.717, 1.165) is 16.3 Å². The van der Waals surface area contributed by atoms with Gasteiger partial charge in [-0.1, -0.05) is 71.7 Å². The van der Waals surface area contributed by atoms with Crippen molar-refractivity contribution in [2.75, 3.05) is 0 Å². The molecule has 2 rings (SSSR count). The zero-order valence-corrected chi connectivity index (χ0v) is 16.1. The van der Waals surface area contributed by atoms with E-state index in [2.05, 4.69) is 53.0 Å².